The lowest BCUT2D eigenvalue weighted by molar-refractivity contribution is -0.140. The van der Waals surface area contributed by atoms with Gasteiger partial charge in [0, 0.05) is 24.0 Å². The molecule has 8 heteroatoms. The van der Waals surface area contributed by atoms with Crippen LogP contribution in [-0.2, 0) is 24.1 Å². The van der Waals surface area contributed by atoms with E-state index in [4.69, 9.17) is 27.9 Å². The lowest BCUT2D eigenvalue weighted by Crippen LogP contribution is -2.57. The molecule has 1 heterocycles. The Labute approximate surface area is 269 Å². The summed E-state index contributed by atoms with van der Waals surface area (Å²) in [6.45, 7) is -0.0780. The summed E-state index contributed by atoms with van der Waals surface area (Å²) in [5, 5.41) is 4.94. The first-order chi connectivity index (χ1) is 21.8. The van der Waals surface area contributed by atoms with Crippen molar-refractivity contribution < 1.29 is 19.1 Å². The molecule has 0 radical (unpaired) electrons. The van der Waals surface area contributed by atoms with E-state index in [1.54, 1.807) is 24.3 Å². The van der Waals surface area contributed by atoms with Gasteiger partial charge >= 0.3 is 0 Å². The molecule has 0 unspecified atom stereocenters. The maximum absolute atomic E-state index is 14.0. The highest BCUT2D eigenvalue weighted by Gasteiger charge is 2.72. The third-order valence-corrected chi connectivity index (χ3v) is 10.6. The molecule has 1 fully saturated rings. The number of nitrogens with one attached hydrogen (secondary N) is 1. The van der Waals surface area contributed by atoms with E-state index < -0.39 is 33.4 Å². The molecule has 2 atom stereocenters. The topological polar surface area (TPSA) is 75.7 Å². The van der Waals surface area contributed by atoms with Crippen LogP contribution in [0, 0.1) is 11.8 Å². The Balaban J connectivity index is 0.986. The van der Waals surface area contributed by atoms with Crippen molar-refractivity contribution in [1.29, 1.82) is 0 Å². The number of likely N-dealkylation sites (tertiary alicyclic amines) is 1. The van der Waals surface area contributed by atoms with Gasteiger partial charge in [-0.25, -0.2) is 0 Å². The molecule has 2 bridgehead atoms. The first-order valence-corrected chi connectivity index (χ1v) is 15.6. The van der Waals surface area contributed by atoms with Gasteiger partial charge in [0.05, 0.1) is 11.8 Å². The minimum atomic E-state index is -1.24. The Hall–Kier alpha value is -4.65. The number of ether oxygens (including phenoxy) is 1. The average molecular weight is 634 g/mol. The van der Waals surface area contributed by atoms with Crippen LogP contribution in [0.4, 0.5) is 5.69 Å². The smallest absolute Gasteiger partial charge is 0.235 e. The molecule has 6 nitrogen and oxygen atoms in total. The summed E-state index contributed by atoms with van der Waals surface area (Å²) >= 11 is 14.9. The van der Waals surface area contributed by atoms with Gasteiger partial charge in [-0.1, -0.05) is 84.9 Å². The van der Waals surface area contributed by atoms with Gasteiger partial charge in [0.2, 0.25) is 17.7 Å². The van der Waals surface area contributed by atoms with Crippen molar-refractivity contribution in [3.05, 3.63) is 138 Å². The molecule has 5 aromatic rings. The molecule has 3 amide bonds. The number of anilines is 1. The maximum Gasteiger partial charge on any atom is 0.235 e. The van der Waals surface area contributed by atoms with E-state index in [0.29, 0.717) is 11.4 Å². The van der Waals surface area contributed by atoms with Gasteiger partial charge in [0.15, 0.2) is 0 Å². The molecule has 4 aliphatic rings. The average Bonchev–Trinajstić information content (AvgIpc) is 3.33. The third-order valence-electron chi connectivity index (χ3n) is 9.35. The van der Waals surface area contributed by atoms with Crippen molar-refractivity contribution in [1.82, 2.24) is 4.90 Å². The van der Waals surface area contributed by atoms with E-state index in [1.807, 2.05) is 91.0 Å². The second-order valence-corrected chi connectivity index (χ2v) is 12.9. The second-order valence-electron chi connectivity index (χ2n) is 11.7. The third kappa shape index (κ3) is 3.99. The van der Waals surface area contributed by atoms with Crippen LogP contribution in [0.15, 0.2) is 115 Å². The number of alkyl halides is 2. The monoisotopic (exact) mass is 632 g/mol. The Bertz CT molecular complexity index is 1920. The second kappa shape index (κ2) is 10.2. The predicted octanol–water partition coefficient (Wildman–Crippen LogP) is 7.55. The van der Waals surface area contributed by atoms with Crippen LogP contribution in [0.5, 0.6) is 11.5 Å². The highest BCUT2D eigenvalue weighted by atomic mass is 35.5. The molecule has 1 saturated heterocycles. The molecule has 0 saturated carbocycles. The highest BCUT2D eigenvalue weighted by molar-refractivity contribution is 6.36. The normalized spacial score (nSPS) is 24.3. The van der Waals surface area contributed by atoms with Gasteiger partial charge in [0.1, 0.15) is 21.2 Å². The fraction of sp³-hybridized carbons (Fsp3) is 0.162. The molecule has 3 aliphatic carbocycles. The summed E-state index contributed by atoms with van der Waals surface area (Å²) in [7, 11) is 0. The zero-order valence-corrected chi connectivity index (χ0v) is 25.4. The molecular weight excluding hydrogens is 607 g/mol. The number of carbonyl (C=O) groups is 3. The lowest BCUT2D eigenvalue weighted by atomic mass is 9.54. The van der Waals surface area contributed by atoms with Crippen LogP contribution in [0.3, 0.4) is 0 Å². The van der Waals surface area contributed by atoms with E-state index in [2.05, 4.69) is 5.32 Å². The lowest BCUT2D eigenvalue weighted by Gasteiger charge is -2.54. The first kappa shape index (κ1) is 27.9. The van der Waals surface area contributed by atoms with Gasteiger partial charge in [-0.2, -0.15) is 0 Å². The first-order valence-electron chi connectivity index (χ1n) is 14.8. The quantitative estimate of drug-likeness (QED) is 0.155. The number of carbonyl (C=O) groups excluding carboxylic acids is 3. The Morgan fingerprint density at radius 3 is 1.78 bits per heavy atom. The van der Waals surface area contributed by atoms with Crippen molar-refractivity contribution in [3.8, 4) is 11.5 Å². The maximum atomic E-state index is 14.0. The molecule has 9 rings (SSSR count). The van der Waals surface area contributed by atoms with E-state index >= 15 is 0 Å². The van der Waals surface area contributed by atoms with Crippen molar-refractivity contribution in [2.24, 2.45) is 11.8 Å². The SMILES string of the molecule is O=C(CCN1C(=O)[C@H]2[C@H](C1=O)C1(Cl)c3ccccc3C2(Cl)c2ccccc21)Nc1ccc(Oc2cccc3ccccc23)cc1. The standard InChI is InChI=1S/C37H26Cl2N2O4/c38-36-26-11-3-4-12-27(26)37(39,29-14-6-5-13-28(29)36)33-32(36)34(43)41(35(33)44)21-20-31(42)40-23-16-18-24(19-17-23)45-30-15-7-9-22-8-1-2-10-25(22)30/h1-19,32-33H,20-21H2,(H,40,42)/t32-,33-,36?,37?/m1/s1. The minimum absolute atomic E-state index is 0.0738. The number of rotatable bonds is 6. The number of hydrogen-bond donors (Lipinski definition) is 1. The number of hydrogen-bond acceptors (Lipinski definition) is 4. The molecule has 222 valence electrons. The zero-order valence-electron chi connectivity index (χ0n) is 23.9. The Morgan fingerprint density at radius 2 is 1.20 bits per heavy atom. The van der Waals surface area contributed by atoms with Crippen LogP contribution in [0.25, 0.3) is 10.8 Å². The number of benzene rings is 5. The van der Waals surface area contributed by atoms with Crippen molar-refractivity contribution in [2.45, 2.75) is 16.2 Å². The van der Waals surface area contributed by atoms with Crippen molar-refractivity contribution in [3.63, 3.8) is 0 Å². The Kier molecular flexibility index (Phi) is 6.31. The number of halogens is 2. The van der Waals surface area contributed by atoms with Gasteiger partial charge in [-0.05, 0) is 58.0 Å². The zero-order chi connectivity index (χ0) is 30.9. The predicted molar refractivity (Wildman–Crippen MR) is 174 cm³/mol. The number of nitrogens with zero attached hydrogens (tertiary/aromatic N) is 1. The van der Waals surface area contributed by atoms with Crippen LogP contribution in [0.1, 0.15) is 28.7 Å². The van der Waals surface area contributed by atoms with Gasteiger partial charge in [-0.3, -0.25) is 19.3 Å². The Morgan fingerprint density at radius 1 is 0.689 bits per heavy atom. The van der Waals surface area contributed by atoms with E-state index in [9.17, 15) is 14.4 Å². The summed E-state index contributed by atoms with van der Waals surface area (Å²) in [6.07, 6.45) is -0.0738. The fourth-order valence-electron chi connectivity index (χ4n) is 7.40. The van der Waals surface area contributed by atoms with Crippen LogP contribution in [-0.4, -0.2) is 29.2 Å². The largest absolute Gasteiger partial charge is 0.457 e. The molecular formula is C37H26Cl2N2O4. The summed E-state index contributed by atoms with van der Waals surface area (Å²) < 4.78 is 6.11. The molecule has 5 aromatic carbocycles. The van der Waals surface area contributed by atoms with Crippen molar-refractivity contribution in [2.75, 3.05) is 11.9 Å². The van der Waals surface area contributed by atoms with Gasteiger partial charge in [0.25, 0.3) is 0 Å². The minimum Gasteiger partial charge on any atom is -0.457 e. The highest BCUT2D eigenvalue weighted by Crippen LogP contribution is 2.69. The van der Waals surface area contributed by atoms with E-state index in [1.165, 1.54) is 4.90 Å². The summed E-state index contributed by atoms with van der Waals surface area (Å²) in [5.74, 6) is -1.54. The summed E-state index contributed by atoms with van der Waals surface area (Å²) in [5.41, 5.74) is 3.55. The molecule has 1 aliphatic heterocycles. The molecule has 1 N–H and O–H groups in total. The summed E-state index contributed by atoms with van der Waals surface area (Å²) in [6, 6.07) is 35.9. The van der Waals surface area contributed by atoms with E-state index in [-0.39, 0.29) is 18.9 Å². The number of fused-ring (bicyclic) bond motifs is 1. The van der Waals surface area contributed by atoms with Crippen molar-refractivity contribution >= 4 is 57.4 Å². The van der Waals surface area contributed by atoms with Crippen LogP contribution < -0.4 is 10.1 Å². The van der Waals surface area contributed by atoms with Crippen LogP contribution >= 0.6 is 23.2 Å². The van der Waals surface area contributed by atoms with Gasteiger partial charge in [-0.15, -0.1) is 23.2 Å². The fourth-order valence-corrected chi connectivity index (χ4v) is 8.50. The molecule has 0 aromatic heterocycles. The summed E-state index contributed by atoms with van der Waals surface area (Å²) in [4.78, 5) is 39.6. The number of imide groups is 1. The van der Waals surface area contributed by atoms with Gasteiger partial charge < -0.3 is 10.1 Å². The van der Waals surface area contributed by atoms with E-state index in [0.717, 1.165) is 38.8 Å². The molecule has 0 spiro atoms. The van der Waals surface area contributed by atoms with Crippen LogP contribution in [0.2, 0.25) is 0 Å². The number of amides is 3. The molecule has 45 heavy (non-hydrogen) atoms.